The fraction of sp³-hybridized carbons (Fsp3) is 0.273. The van der Waals surface area contributed by atoms with Crippen LogP contribution in [0.2, 0.25) is 5.02 Å². The standard InChI is InChI=1S/C11H11Cl2NO2/c12-9-3-1-8(2-4-9)7-11(16)14-6-5-10(13)15/h1-4H,5-7H2,(H,14,16). The molecule has 0 aliphatic heterocycles. The highest BCUT2D eigenvalue weighted by molar-refractivity contribution is 6.63. The van der Waals surface area contributed by atoms with Crippen molar-refractivity contribution in [2.24, 2.45) is 0 Å². The Hall–Kier alpha value is -1.06. The van der Waals surface area contributed by atoms with Gasteiger partial charge in [0, 0.05) is 18.0 Å². The Morgan fingerprint density at radius 1 is 1.19 bits per heavy atom. The van der Waals surface area contributed by atoms with Gasteiger partial charge >= 0.3 is 0 Å². The molecule has 1 aromatic carbocycles. The quantitative estimate of drug-likeness (QED) is 0.824. The van der Waals surface area contributed by atoms with Crippen LogP contribution in [0.1, 0.15) is 12.0 Å². The van der Waals surface area contributed by atoms with Crippen molar-refractivity contribution in [1.82, 2.24) is 5.32 Å². The topological polar surface area (TPSA) is 46.2 Å². The first-order valence-corrected chi connectivity index (χ1v) is 5.53. The normalized spacial score (nSPS) is 9.88. The van der Waals surface area contributed by atoms with Gasteiger partial charge in [-0.25, -0.2) is 0 Å². The highest BCUT2D eigenvalue weighted by Crippen LogP contribution is 2.09. The summed E-state index contributed by atoms with van der Waals surface area (Å²) in [4.78, 5) is 21.8. The first kappa shape index (κ1) is 13.0. The third kappa shape index (κ3) is 5.14. The molecule has 16 heavy (non-hydrogen) atoms. The van der Waals surface area contributed by atoms with Gasteiger partial charge in [0.1, 0.15) is 0 Å². The van der Waals surface area contributed by atoms with E-state index in [2.05, 4.69) is 5.32 Å². The smallest absolute Gasteiger partial charge is 0.224 e. The Labute approximate surface area is 104 Å². The van der Waals surface area contributed by atoms with E-state index in [1.54, 1.807) is 24.3 Å². The number of hydrogen-bond donors (Lipinski definition) is 1. The zero-order valence-electron chi connectivity index (χ0n) is 8.50. The van der Waals surface area contributed by atoms with Crippen LogP contribution >= 0.6 is 23.2 Å². The van der Waals surface area contributed by atoms with Gasteiger partial charge in [-0.15, -0.1) is 0 Å². The van der Waals surface area contributed by atoms with Gasteiger partial charge in [-0.05, 0) is 29.3 Å². The molecule has 3 nitrogen and oxygen atoms in total. The van der Waals surface area contributed by atoms with Crippen molar-refractivity contribution in [3.63, 3.8) is 0 Å². The highest BCUT2D eigenvalue weighted by atomic mass is 35.5. The molecule has 0 unspecified atom stereocenters. The van der Waals surface area contributed by atoms with Crippen LogP contribution in [0.4, 0.5) is 0 Å². The second-order valence-corrected chi connectivity index (χ2v) is 4.12. The summed E-state index contributed by atoms with van der Waals surface area (Å²) in [5, 5.41) is 2.78. The third-order valence-corrected chi connectivity index (χ3v) is 2.36. The molecule has 0 saturated carbocycles. The summed E-state index contributed by atoms with van der Waals surface area (Å²) in [6, 6.07) is 7.03. The van der Waals surface area contributed by atoms with E-state index < -0.39 is 5.24 Å². The van der Waals surface area contributed by atoms with Crippen molar-refractivity contribution in [3.8, 4) is 0 Å². The number of carbonyl (C=O) groups is 2. The van der Waals surface area contributed by atoms with E-state index in [-0.39, 0.29) is 25.3 Å². The lowest BCUT2D eigenvalue weighted by atomic mass is 10.1. The van der Waals surface area contributed by atoms with Crippen LogP contribution in [-0.4, -0.2) is 17.7 Å². The van der Waals surface area contributed by atoms with Gasteiger partial charge in [0.05, 0.1) is 6.42 Å². The van der Waals surface area contributed by atoms with Crippen molar-refractivity contribution in [1.29, 1.82) is 0 Å². The maximum Gasteiger partial charge on any atom is 0.224 e. The molecule has 0 heterocycles. The molecule has 1 N–H and O–H groups in total. The molecule has 0 aliphatic rings. The molecule has 0 radical (unpaired) electrons. The second kappa shape index (κ2) is 6.51. The number of halogens is 2. The van der Waals surface area contributed by atoms with E-state index in [0.717, 1.165) is 5.56 Å². The van der Waals surface area contributed by atoms with Gasteiger partial charge in [-0.3, -0.25) is 9.59 Å². The number of hydrogen-bond acceptors (Lipinski definition) is 2. The number of amides is 1. The van der Waals surface area contributed by atoms with Gasteiger partial charge in [-0.2, -0.15) is 0 Å². The molecule has 86 valence electrons. The van der Waals surface area contributed by atoms with E-state index in [0.29, 0.717) is 5.02 Å². The first-order valence-electron chi connectivity index (χ1n) is 4.77. The van der Waals surface area contributed by atoms with Gasteiger partial charge in [0.15, 0.2) is 0 Å². The van der Waals surface area contributed by atoms with Crippen molar-refractivity contribution < 1.29 is 9.59 Å². The lowest BCUT2D eigenvalue weighted by molar-refractivity contribution is -0.120. The summed E-state index contributed by atoms with van der Waals surface area (Å²) in [5.74, 6) is -0.139. The summed E-state index contributed by atoms with van der Waals surface area (Å²) < 4.78 is 0. The van der Waals surface area contributed by atoms with Crippen molar-refractivity contribution >= 4 is 34.4 Å². The fourth-order valence-corrected chi connectivity index (χ4v) is 1.37. The minimum atomic E-state index is -0.452. The molecule has 0 spiro atoms. The maximum absolute atomic E-state index is 11.4. The number of carbonyl (C=O) groups excluding carboxylic acids is 2. The van der Waals surface area contributed by atoms with E-state index in [1.807, 2.05) is 0 Å². The van der Waals surface area contributed by atoms with Crippen LogP contribution in [0.25, 0.3) is 0 Å². The van der Waals surface area contributed by atoms with E-state index in [1.165, 1.54) is 0 Å². The Bertz CT molecular complexity index is 376. The number of rotatable bonds is 5. The molecule has 1 amide bonds. The van der Waals surface area contributed by atoms with Gasteiger partial charge in [0.2, 0.25) is 11.1 Å². The molecule has 0 aliphatic carbocycles. The minimum absolute atomic E-state index is 0.139. The van der Waals surface area contributed by atoms with Crippen LogP contribution in [0.3, 0.4) is 0 Å². The SMILES string of the molecule is O=C(Cl)CCNC(=O)Cc1ccc(Cl)cc1. The lowest BCUT2D eigenvalue weighted by Crippen LogP contribution is -2.26. The minimum Gasteiger partial charge on any atom is -0.355 e. The fourth-order valence-electron chi connectivity index (χ4n) is 1.15. The molecule has 0 saturated heterocycles. The Morgan fingerprint density at radius 2 is 1.81 bits per heavy atom. The van der Waals surface area contributed by atoms with Crippen LogP contribution in [0.5, 0.6) is 0 Å². The Balaban J connectivity index is 2.34. The summed E-state index contributed by atoms with van der Waals surface area (Å²) in [6.45, 7) is 0.273. The van der Waals surface area contributed by atoms with E-state index >= 15 is 0 Å². The van der Waals surface area contributed by atoms with Crippen molar-refractivity contribution in [3.05, 3.63) is 34.9 Å². The Morgan fingerprint density at radius 3 is 2.38 bits per heavy atom. The largest absolute Gasteiger partial charge is 0.355 e. The zero-order valence-corrected chi connectivity index (χ0v) is 10.0. The van der Waals surface area contributed by atoms with Crippen molar-refractivity contribution in [2.45, 2.75) is 12.8 Å². The lowest BCUT2D eigenvalue weighted by Gasteiger charge is -2.03. The summed E-state index contributed by atoms with van der Waals surface area (Å²) in [6.07, 6.45) is 0.418. The number of benzene rings is 1. The highest BCUT2D eigenvalue weighted by Gasteiger charge is 2.03. The van der Waals surface area contributed by atoms with Crippen LogP contribution in [-0.2, 0) is 16.0 Å². The maximum atomic E-state index is 11.4. The van der Waals surface area contributed by atoms with Gasteiger partial charge in [-0.1, -0.05) is 23.7 Å². The average molecular weight is 260 g/mol. The van der Waals surface area contributed by atoms with Crippen LogP contribution < -0.4 is 5.32 Å². The first-order chi connectivity index (χ1) is 7.58. The summed E-state index contributed by atoms with van der Waals surface area (Å²) in [5.41, 5.74) is 0.874. The Kier molecular flexibility index (Phi) is 5.29. The molecular formula is C11H11Cl2NO2. The molecule has 0 aromatic heterocycles. The predicted molar refractivity (Wildman–Crippen MR) is 63.6 cm³/mol. The van der Waals surface area contributed by atoms with Crippen LogP contribution in [0.15, 0.2) is 24.3 Å². The molecule has 0 atom stereocenters. The molecular weight excluding hydrogens is 249 g/mol. The molecule has 1 rings (SSSR count). The van der Waals surface area contributed by atoms with Gasteiger partial charge in [0.25, 0.3) is 0 Å². The molecule has 5 heteroatoms. The molecule has 1 aromatic rings. The monoisotopic (exact) mass is 259 g/mol. The van der Waals surface area contributed by atoms with E-state index in [4.69, 9.17) is 23.2 Å². The van der Waals surface area contributed by atoms with Crippen LogP contribution in [0, 0.1) is 0 Å². The summed E-state index contributed by atoms with van der Waals surface area (Å²) >= 11 is 10.8. The third-order valence-electron chi connectivity index (χ3n) is 1.92. The van der Waals surface area contributed by atoms with Gasteiger partial charge < -0.3 is 5.32 Å². The summed E-state index contributed by atoms with van der Waals surface area (Å²) in [7, 11) is 0. The molecule has 0 bridgehead atoms. The second-order valence-electron chi connectivity index (χ2n) is 3.26. The molecule has 0 fully saturated rings. The zero-order chi connectivity index (χ0) is 12.0. The van der Waals surface area contributed by atoms with Crippen molar-refractivity contribution in [2.75, 3.05) is 6.54 Å². The predicted octanol–water partition coefficient (Wildman–Crippen LogP) is 2.15. The number of nitrogens with one attached hydrogen (secondary N) is 1. The van der Waals surface area contributed by atoms with E-state index in [9.17, 15) is 9.59 Å². The average Bonchev–Trinajstić information content (AvgIpc) is 2.21.